The van der Waals surface area contributed by atoms with Crippen molar-refractivity contribution >= 4 is 5.97 Å². The van der Waals surface area contributed by atoms with Crippen LogP contribution in [-0.4, -0.2) is 12.6 Å². The van der Waals surface area contributed by atoms with Gasteiger partial charge in [-0.1, -0.05) is 57.6 Å². The van der Waals surface area contributed by atoms with Crippen LogP contribution in [0.4, 0.5) is 4.39 Å². The van der Waals surface area contributed by atoms with Crippen LogP contribution >= 0.6 is 0 Å². The molecule has 0 atom stereocenters. The summed E-state index contributed by atoms with van der Waals surface area (Å²) in [5, 5.41) is 0. The molecule has 3 rings (SSSR count). The minimum atomic E-state index is -0.570. The highest BCUT2D eigenvalue weighted by Crippen LogP contribution is 2.28. The number of aryl methyl sites for hydroxylation is 1. The lowest BCUT2D eigenvalue weighted by atomic mass is 9.85. The molecule has 0 aliphatic heterocycles. The zero-order valence-corrected chi connectivity index (χ0v) is 17.3. The third-order valence-corrected chi connectivity index (χ3v) is 5.62. The summed E-state index contributed by atoms with van der Waals surface area (Å²) < 4.78 is 24.9. The molecule has 2 aromatic carbocycles. The minimum Gasteiger partial charge on any atom is -0.491 e. The maximum Gasteiger partial charge on any atom is 0.343 e. The van der Waals surface area contributed by atoms with E-state index >= 15 is 0 Å². The Morgan fingerprint density at radius 1 is 1.07 bits per heavy atom. The fraction of sp³-hybridized carbons (Fsp3) is 0.480. The normalized spacial score (nSPS) is 14.6. The Kier molecular flexibility index (Phi) is 8.09. The van der Waals surface area contributed by atoms with Crippen molar-refractivity contribution in [1.29, 1.82) is 0 Å². The van der Waals surface area contributed by atoms with Crippen molar-refractivity contribution in [3.05, 3.63) is 59.4 Å². The highest BCUT2D eigenvalue weighted by Gasteiger charge is 2.14. The van der Waals surface area contributed by atoms with E-state index in [2.05, 4.69) is 0 Å². The lowest BCUT2D eigenvalue weighted by molar-refractivity contribution is 0.0734. The van der Waals surface area contributed by atoms with E-state index in [-0.39, 0.29) is 11.3 Å². The molecule has 0 radical (unpaired) electrons. The number of rotatable bonds is 9. The number of ether oxygens (including phenoxy) is 2. The molecule has 1 aliphatic carbocycles. The highest BCUT2D eigenvalue weighted by atomic mass is 19.1. The highest BCUT2D eigenvalue weighted by molar-refractivity contribution is 5.91. The molecule has 0 spiro atoms. The van der Waals surface area contributed by atoms with Gasteiger partial charge in [-0.25, -0.2) is 9.18 Å². The molecule has 0 N–H and O–H groups in total. The summed E-state index contributed by atoms with van der Waals surface area (Å²) in [6.07, 6.45) is 11.0. The smallest absolute Gasteiger partial charge is 0.343 e. The van der Waals surface area contributed by atoms with Crippen LogP contribution in [0.5, 0.6) is 11.5 Å². The molecule has 0 amide bonds. The van der Waals surface area contributed by atoms with Crippen LogP contribution in [-0.2, 0) is 6.42 Å². The van der Waals surface area contributed by atoms with Gasteiger partial charge in [-0.3, -0.25) is 0 Å². The summed E-state index contributed by atoms with van der Waals surface area (Å²) in [6.45, 7) is 2.51. The molecule has 0 aromatic heterocycles. The SMILES string of the molecule is CCCCOc1ccc(C(=O)Oc2ccc(CCC3CCCCC3)cc2)cc1F. The van der Waals surface area contributed by atoms with Gasteiger partial charge in [0.2, 0.25) is 0 Å². The van der Waals surface area contributed by atoms with Crippen molar-refractivity contribution < 1.29 is 18.7 Å². The van der Waals surface area contributed by atoms with E-state index < -0.39 is 11.8 Å². The second kappa shape index (κ2) is 11.0. The summed E-state index contributed by atoms with van der Waals surface area (Å²) in [6, 6.07) is 11.8. The van der Waals surface area contributed by atoms with Gasteiger partial charge in [-0.2, -0.15) is 0 Å². The number of hydrogen-bond donors (Lipinski definition) is 0. The molecule has 156 valence electrons. The van der Waals surface area contributed by atoms with Gasteiger partial charge in [0.05, 0.1) is 12.2 Å². The van der Waals surface area contributed by atoms with Crippen molar-refractivity contribution in [2.45, 2.75) is 64.7 Å². The predicted molar refractivity (Wildman–Crippen MR) is 113 cm³/mol. The number of hydrogen-bond acceptors (Lipinski definition) is 3. The molecular formula is C25H31FO3. The van der Waals surface area contributed by atoms with Crippen molar-refractivity contribution in [1.82, 2.24) is 0 Å². The molecule has 0 bridgehead atoms. The van der Waals surface area contributed by atoms with Gasteiger partial charge in [-0.15, -0.1) is 0 Å². The fourth-order valence-corrected chi connectivity index (χ4v) is 3.81. The van der Waals surface area contributed by atoms with E-state index in [1.54, 1.807) is 0 Å². The average molecular weight is 399 g/mol. The molecule has 0 heterocycles. The Bertz CT molecular complexity index is 779. The number of esters is 1. The Balaban J connectivity index is 1.51. The van der Waals surface area contributed by atoms with Gasteiger partial charge in [0, 0.05) is 0 Å². The van der Waals surface area contributed by atoms with Gasteiger partial charge in [-0.05, 0) is 61.1 Å². The van der Waals surface area contributed by atoms with E-state index in [0.29, 0.717) is 12.4 Å². The van der Waals surface area contributed by atoms with Gasteiger partial charge in [0.15, 0.2) is 11.6 Å². The summed E-state index contributed by atoms with van der Waals surface area (Å²) in [4.78, 5) is 12.3. The molecule has 1 fully saturated rings. The Labute approximate surface area is 173 Å². The van der Waals surface area contributed by atoms with E-state index in [0.717, 1.165) is 25.2 Å². The van der Waals surface area contributed by atoms with Gasteiger partial charge in [0.1, 0.15) is 5.75 Å². The van der Waals surface area contributed by atoms with Crippen LogP contribution in [0, 0.1) is 11.7 Å². The molecule has 1 saturated carbocycles. The monoisotopic (exact) mass is 398 g/mol. The first-order valence-electron chi connectivity index (χ1n) is 10.9. The van der Waals surface area contributed by atoms with Crippen LogP contribution in [0.3, 0.4) is 0 Å². The zero-order chi connectivity index (χ0) is 20.5. The maximum absolute atomic E-state index is 14.1. The largest absolute Gasteiger partial charge is 0.491 e. The minimum absolute atomic E-state index is 0.164. The van der Waals surface area contributed by atoms with E-state index in [1.807, 2.05) is 31.2 Å². The summed E-state index contributed by atoms with van der Waals surface area (Å²) in [7, 11) is 0. The van der Waals surface area contributed by atoms with Gasteiger partial charge >= 0.3 is 5.97 Å². The standard InChI is InChI=1S/C25H31FO3/c1-2-3-17-28-24-16-13-21(18-23(24)26)25(27)29-22-14-11-20(12-15-22)10-9-19-7-5-4-6-8-19/h11-16,18-19H,2-10,17H2,1H3. The van der Waals surface area contributed by atoms with Gasteiger partial charge in [0.25, 0.3) is 0 Å². The first-order valence-corrected chi connectivity index (χ1v) is 10.9. The van der Waals surface area contributed by atoms with Crippen molar-refractivity contribution in [2.75, 3.05) is 6.61 Å². The lowest BCUT2D eigenvalue weighted by Crippen LogP contribution is -2.09. The molecule has 1 aliphatic rings. The fourth-order valence-electron chi connectivity index (χ4n) is 3.81. The second-order valence-corrected chi connectivity index (χ2v) is 7.92. The maximum atomic E-state index is 14.1. The molecule has 0 saturated heterocycles. The lowest BCUT2D eigenvalue weighted by Gasteiger charge is -2.21. The topological polar surface area (TPSA) is 35.5 Å². The van der Waals surface area contributed by atoms with E-state index in [4.69, 9.17) is 9.47 Å². The predicted octanol–water partition coefficient (Wildman–Crippen LogP) is 6.74. The van der Waals surface area contributed by atoms with Crippen LogP contribution in [0.25, 0.3) is 0 Å². The first kappa shape index (κ1) is 21.4. The van der Waals surface area contributed by atoms with Crippen LogP contribution in [0.15, 0.2) is 42.5 Å². The van der Waals surface area contributed by atoms with Crippen molar-refractivity contribution in [2.24, 2.45) is 5.92 Å². The molecule has 0 unspecified atom stereocenters. The molecule has 29 heavy (non-hydrogen) atoms. The number of halogens is 1. The third kappa shape index (κ3) is 6.59. The molecule has 3 nitrogen and oxygen atoms in total. The number of benzene rings is 2. The first-order chi connectivity index (χ1) is 14.2. The van der Waals surface area contributed by atoms with Crippen molar-refractivity contribution in [3.8, 4) is 11.5 Å². The zero-order valence-electron chi connectivity index (χ0n) is 17.3. The van der Waals surface area contributed by atoms with Crippen LogP contribution in [0.1, 0.15) is 74.2 Å². The van der Waals surface area contributed by atoms with Crippen LogP contribution < -0.4 is 9.47 Å². The van der Waals surface area contributed by atoms with E-state index in [1.165, 1.54) is 62.3 Å². The number of carbonyl (C=O) groups excluding carboxylic acids is 1. The number of carbonyl (C=O) groups is 1. The van der Waals surface area contributed by atoms with Gasteiger partial charge < -0.3 is 9.47 Å². The average Bonchev–Trinajstić information content (AvgIpc) is 2.75. The summed E-state index contributed by atoms with van der Waals surface area (Å²) in [5.41, 5.74) is 1.43. The Hall–Kier alpha value is -2.36. The Morgan fingerprint density at radius 2 is 1.83 bits per heavy atom. The van der Waals surface area contributed by atoms with Crippen molar-refractivity contribution in [3.63, 3.8) is 0 Å². The molecule has 4 heteroatoms. The van der Waals surface area contributed by atoms with Crippen LogP contribution in [0.2, 0.25) is 0 Å². The number of unbranched alkanes of at least 4 members (excludes halogenated alkanes) is 1. The summed E-state index contributed by atoms with van der Waals surface area (Å²) >= 11 is 0. The molecular weight excluding hydrogens is 367 g/mol. The summed E-state index contributed by atoms with van der Waals surface area (Å²) in [5.74, 6) is 0.370. The quantitative estimate of drug-likeness (QED) is 0.267. The molecule has 2 aromatic rings. The third-order valence-electron chi connectivity index (χ3n) is 5.62. The van der Waals surface area contributed by atoms with E-state index in [9.17, 15) is 9.18 Å². The second-order valence-electron chi connectivity index (χ2n) is 7.92. The Morgan fingerprint density at radius 3 is 2.52 bits per heavy atom.